The van der Waals surface area contributed by atoms with E-state index in [0.717, 1.165) is 12.0 Å². The first kappa shape index (κ1) is 20.2. The Morgan fingerprint density at radius 1 is 1.20 bits per heavy atom. The molecule has 0 saturated heterocycles. The quantitative estimate of drug-likeness (QED) is 0.820. The smallest absolute Gasteiger partial charge is 0.233 e. The van der Waals surface area contributed by atoms with Gasteiger partial charge in [-0.1, -0.05) is 48.2 Å². The summed E-state index contributed by atoms with van der Waals surface area (Å²) in [6.07, 6.45) is 0.942. The van der Waals surface area contributed by atoms with Gasteiger partial charge >= 0.3 is 0 Å². The van der Waals surface area contributed by atoms with E-state index in [-0.39, 0.29) is 29.8 Å². The van der Waals surface area contributed by atoms with Crippen LogP contribution in [0, 0.1) is 17.1 Å². The fourth-order valence-electron chi connectivity index (χ4n) is 3.85. The molecule has 2 aromatic rings. The SMILES string of the molecule is N#CC1=C(SCC(=O)N2CCc3ccccc3C2)NC(=O)C[C@H]1c1ccc(F)cc1. The highest BCUT2D eigenvalue weighted by Crippen LogP contribution is 2.36. The summed E-state index contributed by atoms with van der Waals surface area (Å²) in [5.74, 6) is -0.921. The van der Waals surface area contributed by atoms with Crippen molar-refractivity contribution >= 4 is 23.6 Å². The van der Waals surface area contributed by atoms with Crippen molar-refractivity contribution in [3.63, 3.8) is 0 Å². The number of halogens is 1. The number of nitriles is 1. The first-order valence-electron chi connectivity index (χ1n) is 9.72. The van der Waals surface area contributed by atoms with Crippen LogP contribution in [0.15, 0.2) is 59.1 Å². The highest BCUT2D eigenvalue weighted by Gasteiger charge is 2.30. The number of carbonyl (C=O) groups excluding carboxylic acids is 2. The maximum atomic E-state index is 13.3. The summed E-state index contributed by atoms with van der Waals surface area (Å²) >= 11 is 1.18. The van der Waals surface area contributed by atoms with Crippen LogP contribution < -0.4 is 5.32 Å². The molecule has 0 radical (unpaired) electrons. The largest absolute Gasteiger partial charge is 0.337 e. The first-order valence-corrected chi connectivity index (χ1v) is 10.7. The van der Waals surface area contributed by atoms with Gasteiger partial charge in [-0.3, -0.25) is 9.59 Å². The van der Waals surface area contributed by atoms with Gasteiger partial charge in [0.1, 0.15) is 5.82 Å². The van der Waals surface area contributed by atoms with Crippen LogP contribution in [-0.4, -0.2) is 29.0 Å². The minimum Gasteiger partial charge on any atom is -0.337 e. The topological polar surface area (TPSA) is 73.2 Å². The van der Waals surface area contributed by atoms with Crippen molar-refractivity contribution in [1.29, 1.82) is 5.26 Å². The fourth-order valence-corrected chi connectivity index (χ4v) is 4.83. The number of hydrogen-bond acceptors (Lipinski definition) is 4. The zero-order chi connectivity index (χ0) is 21.1. The van der Waals surface area contributed by atoms with E-state index in [1.807, 2.05) is 23.1 Å². The molecule has 0 saturated carbocycles. The van der Waals surface area contributed by atoms with Crippen molar-refractivity contribution in [1.82, 2.24) is 10.2 Å². The molecule has 7 heteroatoms. The number of allylic oxidation sites excluding steroid dienone is 1. The molecule has 0 spiro atoms. The number of thioether (sulfide) groups is 1. The summed E-state index contributed by atoms with van der Waals surface area (Å²) in [7, 11) is 0. The number of nitrogens with zero attached hydrogens (tertiary/aromatic N) is 2. The first-order chi connectivity index (χ1) is 14.5. The van der Waals surface area contributed by atoms with E-state index in [1.54, 1.807) is 12.1 Å². The minimum absolute atomic E-state index is 0.0301. The highest BCUT2D eigenvalue weighted by atomic mass is 32.2. The Morgan fingerprint density at radius 3 is 2.67 bits per heavy atom. The second-order valence-corrected chi connectivity index (χ2v) is 8.32. The Kier molecular flexibility index (Phi) is 5.86. The molecule has 0 unspecified atom stereocenters. The molecule has 0 fully saturated rings. The lowest BCUT2D eigenvalue weighted by molar-refractivity contribution is -0.129. The van der Waals surface area contributed by atoms with E-state index >= 15 is 0 Å². The van der Waals surface area contributed by atoms with Gasteiger partial charge in [-0.05, 0) is 35.2 Å². The third-order valence-electron chi connectivity index (χ3n) is 5.45. The standard InChI is InChI=1S/C23H20FN3O2S/c24-18-7-5-16(6-8-18)19-11-21(28)26-23(20(19)12-25)30-14-22(29)27-10-9-15-3-1-2-4-17(15)13-27/h1-8,19H,9-11,13-14H2,(H,26,28)/t19-/m0/s1. The molecule has 2 aromatic carbocycles. The van der Waals surface area contributed by atoms with Gasteiger partial charge in [0.25, 0.3) is 0 Å². The van der Waals surface area contributed by atoms with Crippen molar-refractivity contribution < 1.29 is 14.0 Å². The molecule has 2 aliphatic rings. The van der Waals surface area contributed by atoms with Crippen LogP contribution in [0.5, 0.6) is 0 Å². The van der Waals surface area contributed by atoms with Crippen LogP contribution in [0.25, 0.3) is 0 Å². The summed E-state index contributed by atoms with van der Waals surface area (Å²) in [6.45, 7) is 1.23. The van der Waals surface area contributed by atoms with E-state index < -0.39 is 5.92 Å². The molecule has 0 bridgehead atoms. The van der Waals surface area contributed by atoms with Crippen molar-refractivity contribution in [3.05, 3.63) is 81.6 Å². The summed E-state index contributed by atoms with van der Waals surface area (Å²) < 4.78 is 13.3. The predicted octanol–water partition coefficient (Wildman–Crippen LogP) is 3.48. The summed E-state index contributed by atoms with van der Waals surface area (Å²) in [5.41, 5.74) is 3.54. The maximum absolute atomic E-state index is 13.3. The maximum Gasteiger partial charge on any atom is 0.233 e. The molecule has 2 amide bonds. The predicted molar refractivity (Wildman–Crippen MR) is 113 cm³/mol. The second kappa shape index (κ2) is 8.72. The summed E-state index contributed by atoms with van der Waals surface area (Å²) in [5, 5.41) is 12.9. The molecule has 0 aliphatic carbocycles. The van der Waals surface area contributed by atoms with Gasteiger partial charge in [-0.2, -0.15) is 5.26 Å². The van der Waals surface area contributed by atoms with Crippen molar-refractivity contribution in [3.8, 4) is 6.07 Å². The monoisotopic (exact) mass is 421 g/mol. The molecule has 4 rings (SSSR count). The highest BCUT2D eigenvalue weighted by molar-refractivity contribution is 8.03. The van der Waals surface area contributed by atoms with Gasteiger partial charge in [0, 0.05) is 25.4 Å². The van der Waals surface area contributed by atoms with Gasteiger partial charge in [-0.15, -0.1) is 0 Å². The molecular weight excluding hydrogens is 401 g/mol. The van der Waals surface area contributed by atoms with Crippen LogP contribution in [-0.2, 0) is 22.6 Å². The average molecular weight is 421 g/mol. The number of carbonyl (C=O) groups is 2. The molecule has 2 heterocycles. The minimum atomic E-state index is -0.441. The lowest BCUT2D eigenvalue weighted by Crippen LogP contribution is -2.37. The molecule has 1 N–H and O–H groups in total. The van der Waals surface area contributed by atoms with Gasteiger partial charge in [0.05, 0.1) is 22.4 Å². The Morgan fingerprint density at radius 2 is 1.93 bits per heavy atom. The van der Waals surface area contributed by atoms with E-state index in [1.165, 1.54) is 29.5 Å². The second-order valence-electron chi connectivity index (χ2n) is 7.33. The van der Waals surface area contributed by atoms with E-state index in [4.69, 9.17) is 0 Å². The van der Waals surface area contributed by atoms with Crippen LogP contribution in [0.4, 0.5) is 4.39 Å². The van der Waals surface area contributed by atoms with E-state index in [0.29, 0.717) is 29.3 Å². The van der Waals surface area contributed by atoms with Gasteiger partial charge < -0.3 is 10.2 Å². The number of amides is 2. The van der Waals surface area contributed by atoms with E-state index in [9.17, 15) is 19.2 Å². The Bertz CT molecular complexity index is 1060. The normalized spacial score (nSPS) is 18.5. The Balaban J connectivity index is 1.48. The lowest BCUT2D eigenvalue weighted by atomic mass is 9.87. The van der Waals surface area contributed by atoms with Crippen LogP contribution >= 0.6 is 11.8 Å². The third kappa shape index (κ3) is 4.24. The molecule has 2 aliphatic heterocycles. The van der Waals surface area contributed by atoms with Crippen molar-refractivity contribution in [2.75, 3.05) is 12.3 Å². The molecule has 30 heavy (non-hydrogen) atoms. The number of hydrogen-bond donors (Lipinski definition) is 1. The average Bonchev–Trinajstić information content (AvgIpc) is 2.77. The summed E-state index contributed by atoms with van der Waals surface area (Å²) in [4.78, 5) is 26.8. The number of benzene rings is 2. The van der Waals surface area contributed by atoms with Gasteiger partial charge in [0.15, 0.2) is 0 Å². The van der Waals surface area contributed by atoms with Crippen LogP contribution in [0.2, 0.25) is 0 Å². The zero-order valence-corrected chi connectivity index (χ0v) is 17.0. The number of nitrogens with one attached hydrogen (secondary N) is 1. The molecule has 1 atom stereocenters. The molecule has 0 aromatic heterocycles. The zero-order valence-electron chi connectivity index (χ0n) is 16.2. The molecule has 5 nitrogen and oxygen atoms in total. The van der Waals surface area contributed by atoms with Gasteiger partial charge in [-0.25, -0.2) is 4.39 Å². The Labute approximate surface area is 178 Å². The van der Waals surface area contributed by atoms with Crippen LogP contribution in [0.1, 0.15) is 29.0 Å². The van der Waals surface area contributed by atoms with Crippen molar-refractivity contribution in [2.24, 2.45) is 0 Å². The van der Waals surface area contributed by atoms with Gasteiger partial charge in [0.2, 0.25) is 11.8 Å². The summed E-state index contributed by atoms with van der Waals surface area (Å²) in [6, 6.07) is 16.1. The fraction of sp³-hybridized carbons (Fsp3) is 0.261. The number of fused-ring (bicyclic) bond motifs is 1. The van der Waals surface area contributed by atoms with Crippen molar-refractivity contribution in [2.45, 2.75) is 25.3 Å². The lowest BCUT2D eigenvalue weighted by Gasteiger charge is -2.29. The number of rotatable bonds is 4. The van der Waals surface area contributed by atoms with E-state index in [2.05, 4.69) is 17.5 Å². The molecular formula is C23H20FN3O2S. The molecule has 152 valence electrons. The Hall–Kier alpha value is -3.11. The third-order valence-corrected chi connectivity index (χ3v) is 6.45. The van der Waals surface area contributed by atoms with Crippen LogP contribution in [0.3, 0.4) is 0 Å².